The van der Waals surface area contributed by atoms with E-state index < -0.39 is 0 Å². The molecule has 1 aromatic rings. The molecule has 2 N–H and O–H groups in total. The van der Waals surface area contributed by atoms with Gasteiger partial charge >= 0.3 is 0 Å². The number of nitrogens with two attached hydrogens (primary N) is 1. The molecule has 0 aliphatic carbocycles. The Hall–Kier alpha value is -0.860. The number of rotatable bonds is 5. The van der Waals surface area contributed by atoms with Gasteiger partial charge in [-0.1, -0.05) is 44.2 Å². The average Bonchev–Trinajstić information content (AvgIpc) is 2.88. The second kappa shape index (κ2) is 5.85. The highest BCUT2D eigenvalue weighted by molar-refractivity contribution is 5.21. The fraction of sp³-hybridized carbons (Fsp3) is 0.625. The van der Waals surface area contributed by atoms with Crippen LogP contribution in [0, 0.1) is 0 Å². The zero-order chi connectivity index (χ0) is 13.0. The van der Waals surface area contributed by atoms with Crippen LogP contribution in [0.4, 0.5) is 0 Å². The molecule has 0 bridgehead atoms. The van der Waals surface area contributed by atoms with Crippen molar-refractivity contribution in [1.82, 2.24) is 4.90 Å². The molecular formula is C16H26N2. The maximum Gasteiger partial charge on any atom is 0.0278 e. The molecule has 1 aliphatic heterocycles. The molecule has 1 fully saturated rings. The molecule has 0 aromatic heterocycles. The summed E-state index contributed by atoms with van der Waals surface area (Å²) in [5, 5.41) is 0. The topological polar surface area (TPSA) is 29.3 Å². The van der Waals surface area contributed by atoms with Crippen molar-refractivity contribution in [2.75, 3.05) is 19.6 Å². The van der Waals surface area contributed by atoms with Crippen LogP contribution in [0.1, 0.15) is 44.6 Å². The summed E-state index contributed by atoms with van der Waals surface area (Å²) in [6.07, 6.45) is 3.40. The lowest BCUT2D eigenvalue weighted by molar-refractivity contribution is 0.232. The van der Waals surface area contributed by atoms with Gasteiger partial charge in [-0.2, -0.15) is 0 Å². The van der Waals surface area contributed by atoms with Gasteiger partial charge in [0, 0.05) is 18.6 Å². The quantitative estimate of drug-likeness (QED) is 0.865. The molecule has 0 amide bonds. The smallest absolute Gasteiger partial charge is 0.0278 e. The molecule has 2 rings (SSSR count). The van der Waals surface area contributed by atoms with Crippen molar-refractivity contribution in [2.24, 2.45) is 5.73 Å². The van der Waals surface area contributed by atoms with Crippen molar-refractivity contribution < 1.29 is 0 Å². The van der Waals surface area contributed by atoms with Crippen molar-refractivity contribution >= 4 is 0 Å². The minimum absolute atomic E-state index is 0.00553. The molecule has 100 valence electrons. The van der Waals surface area contributed by atoms with Crippen molar-refractivity contribution in [1.29, 1.82) is 0 Å². The van der Waals surface area contributed by atoms with Gasteiger partial charge in [-0.3, -0.25) is 0 Å². The third-order valence-electron chi connectivity index (χ3n) is 4.49. The zero-order valence-electron chi connectivity index (χ0n) is 11.7. The maximum atomic E-state index is 6.42. The van der Waals surface area contributed by atoms with E-state index in [4.69, 9.17) is 5.73 Å². The first kappa shape index (κ1) is 13.6. The summed E-state index contributed by atoms with van der Waals surface area (Å²) >= 11 is 0. The van der Waals surface area contributed by atoms with Crippen molar-refractivity contribution in [3.63, 3.8) is 0 Å². The Bertz CT molecular complexity index is 357. The first-order valence-electron chi connectivity index (χ1n) is 7.23. The van der Waals surface area contributed by atoms with E-state index in [9.17, 15) is 0 Å². The van der Waals surface area contributed by atoms with Gasteiger partial charge in [0.2, 0.25) is 0 Å². The normalized spacial score (nSPS) is 21.4. The summed E-state index contributed by atoms with van der Waals surface area (Å²) < 4.78 is 0. The summed E-state index contributed by atoms with van der Waals surface area (Å²) in [4.78, 5) is 2.55. The van der Waals surface area contributed by atoms with Crippen molar-refractivity contribution in [2.45, 2.75) is 44.6 Å². The van der Waals surface area contributed by atoms with Crippen LogP contribution in [0.2, 0.25) is 0 Å². The van der Waals surface area contributed by atoms with E-state index in [0.717, 1.165) is 19.4 Å². The van der Waals surface area contributed by atoms with Gasteiger partial charge in [-0.15, -0.1) is 0 Å². The molecule has 1 heterocycles. The highest BCUT2D eigenvalue weighted by Crippen LogP contribution is 2.28. The monoisotopic (exact) mass is 246 g/mol. The predicted molar refractivity (Wildman–Crippen MR) is 77.7 cm³/mol. The number of hydrogen-bond acceptors (Lipinski definition) is 2. The minimum Gasteiger partial charge on any atom is -0.324 e. The molecule has 2 nitrogen and oxygen atoms in total. The van der Waals surface area contributed by atoms with Crippen LogP contribution in [0.3, 0.4) is 0 Å². The Labute approximate surface area is 111 Å². The largest absolute Gasteiger partial charge is 0.324 e. The molecule has 0 radical (unpaired) electrons. The molecule has 1 unspecified atom stereocenters. The number of likely N-dealkylation sites (tertiary alicyclic amines) is 1. The van der Waals surface area contributed by atoms with Gasteiger partial charge in [0.1, 0.15) is 0 Å². The fourth-order valence-electron chi connectivity index (χ4n) is 2.89. The number of benzene rings is 1. The van der Waals surface area contributed by atoms with Gasteiger partial charge in [0.25, 0.3) is 0 Å². The summed E-state index contributed by atoms with van der Waals surface area (Å²) in [5.41, 5.74) is 7.91. The second-order valence-corrected chi connectivity index (χ2v) is 5.70. The van der Waals surface area contributed by atoms with Gasteiger partial charge in [0.15, 0.2) is 0 Å². The summed E-state index contributed by atoms with van der Waals surface area (Å²) in [6, 6.07) is 10.9. The van der Waals surface area contributed by atoms with E-state index in [1.807, 2.05) is 0 Å². The van der Waals surface area contributed by atoms with E-state index in [-0.39, 0.29) is 5.54 Å². The van der Waals surface area contributed by atoms with E-state index in [2.05, 4.69) is 49.1 Å². The summed E-state index contributed by atoms with van der Waals surface area (Å²) in [5.74, 6) is 0.698. The highest BCUT2D eigenvalue weighted by Gasteiger charge is 2.29. The lowest BCUT2D eigenvalue weighted by atomic mass is 9.93. The first-order chi connectivity index (χ1) is 8.67. The Balaban J connectivity index is 1.93. The Kier molecular flexibility index (Phi) is 4.41. The summed E-state index contributed by atoms with van der Waals surface area (Å²) in [6.45, 7) is 7.81. The Morgan fingerprint density at radius 3 is 2.50 bits per heavy atom. The van der Waals surface area contributed by atoms with Crippen LogP contribution in [0.25, 0.3) is 0 Å². The fourth-order valence-corrected chi connectivity index (χ4v) is 2.89. The molecule has 1 aromatic carbocycles. The molecule has 2 heteroatoms. The maximum absolute atomic E-state index is 6.42. The Morgan fingerprint density at radius 1 is 1.22 bits per heavy atom. The SMILES string of the molecule is CCC(N)(CC)CN1CCC(c2ccccc2)C1. The van der Waals surface area contributed by atoms with E-state index in [1.54, 1.807) is 0 Å². The third-order valence-corrected chi connectivity index (χ3v) is 4.49. The first-order valence-corrected chi connectivity index (χ1v) is 7.23. The molecule has 1 aliphatic rings. The molecule has 0 spiro atoms. The van der Waals surface area contributed by atoms with Crippen molar-refractivity contribution in [3.05, 3.63) is 35.9 Å². The van der Waals surface area contributed by atoms with E-state index >= 15 is 0 Å². The van der Waals surface area contributed by atoms with E-state index in [1.165, 1.54) is 25.1 Å². The van der Waals surface area contributed by atoms with Crippen LogP contribution in [0.15, 0.2) is 30.3 Å². The molecule has 0 saturated carbocycles. The number of hydrogen-bond donors (Lipinski definition) is 1. The molecule has 18 heavy (non-hydrogen) atoms. The minimum atomic E-state index is 0.00553. The lowest BCUT2D eigenvalue weighted by Gasteiger charge is -2.31. The van der Waals surface area contributed by atoms with Crippen molar-refractivity contribution in [3.8, 4) is 0 Å². The molecule has 1 saturated heterocycles. The standard InChI is InChI=1S/C16H26N2/c1-3-16(17,4-2)13-18-11-10-15(12-18)14-8-6-5-7-9-14/h5-9,15H,3-4,10-13,17H2,1-2H3. The van der Waals surface area contributed by atoms with Crippen LogP contribution in [0.5, 0.6) is 0 Å². The van der Waals surface area contributed by atoms with Gasteiger partial charge in [0.05, 0.1) is 0 Å². The number of nitrogens with zero attached hydrogens (tertiary/aromatic N) is 1. The van der Waals surface area contributed by atoms with Crippen LogP contribution in [-0.4, -0.2) is 30.1 Å². The predicted octanol–water partition coefficient (Wildman–Crippen LogP) is 2.99. The average molecular weight is 246 g/mol. The van der Waals surface area contributed by atoms with E-state index in [0.29, 0.717) is 5.92 Å². The highest BCUT2D eigenvalue weighted by atomic mass is 15.2. The van der Waals surface area contributed by atoms with Crippen LogP contribution >= 0.6 is 0 Å². The van der Waals surface area contributed by atoms with Crippen LogP contribution < -0.4 is 5.73 Å². The van der Waals surface area contributed by atoms with Gasteiger partial charge in [-0.05, 0) is 37.3 Å². The zero-order valence-corrected chi connectivity index (χ0v) is 11.7. The summed E-state index contributed by atoms with van der Waals surface area (Å²) in [7, 11) is 0. The van der Waals surface area contributed by atoms with Gasteiger partial charge in [-0.25, -0.2) is 0 Å². The second-order valence-electron chi connectivity index (χ2n) is 5.70. The Morgan fingerprint density at radius 2 is 1.89 bits per heavy atom. The van der Waals surface area contributed by atoms with Crippen LogP contribution in [-0.2, 0) is 0 Å². The molecule has 1 atom stereocenters. The van der Waals surface area contributed by atoms with Gasteiger partial charge < -0.3 is 10.6 Å². The molecular weight excluding hydrogens is 220 g/mol. The lowest BCUT2D eigenvalue weighted by Crippen LogP contribution is -2.48. The third kappa shape index (κ3) is 3.12.